The van der Waals surface area contributed by atoms with Crippen molar-refractivity contribution in [1.82, 2.24) is 19.4 Å². The van der Waals surface area contributed by atoms with E-state index in [4.69, 9.17) is 14.3 Å². The van der Waals surface area contributed by atoms with Crippen LogP contribution >= 0.6 is 11.8 Å². The first kappa shape index (κ1) is 40.7. The van der Waals surface area contributed by atoms with E-state index in [0.29, 0.717) is 48.1 Å². The van der Waals surface area contributed by atoms with Crippen molar-refractivity contribution in [3.05, 3.63) is 111 Å². The number of benzene rings is 3. The first-order chi connectivity index (χ1) is 26.1. The molecular formula is C42H50BF3N4O4S. The normalized spacial score (nSPS) is 16.1. The fourth-order valence-electron chi connectivity index (χ4n) is 6.86. The molecular weight excluding hydrogens is 724 g/mol. The summed E-state index contributed by atoms with van der Waals surface area (Å²) in [6, 6.07) is 20.7. The van der Waals surface area contributed by atoms with Gasteiger partial charge in [0.15, 0.2) is 5.16 Å². The molecule has 1 amide bonds. The van der Waals surface area contributed by atoms with Crippen LogP contribution in [0.25, 0.3) is 11.1 Å². The van der Waals surface area contributed by atoms with Gasteiger partial charge in [0.25, 0.3) is 5.56 Å². The molecule has 0 bridgehead atoms. The Hall–Kier alpha value is -3.91. The van der Waals surface area contributed by atoms with Crippen LogP contribution in [0.3, 0.4) is 0 Å². The number of amides is 1. The first-order valence-electron chi connectivity index (χ1n) is 19.0. The Morgan fingerprint density at radius 1 is 0.855 bits per heavy atom. The molecule has 1 aromatic heterocycles. The average molecular weight is 775 g/mol. The van der Waals surface area contributed by atoms with Gasteiger partial charge in [0.05, 0.1) is 22.5 Å². The minimum atomic E-state index is -4.40. The summed E-state index contributed by atoms with van der Waals surface area (Å²) in [5.41, 5.74) is 4.09. The largest absolute Gasteiger partial charge is 0.494 e. The van der Waals surface area contributed by atoms with E-state index in [9.17, 15) is 22.8 Å². The van der Waals surface area contributed by atoms with Crippen LogP contribution in [0, 0.1) is 0 Å². The number of hydrogen-bond acceptors (Lipinski definition) is 7. The zero-order valence-electron chi connectivity index (χ0n) is 32.5. The maximum absolute atomic E-state index is 14.2. The molecule has 13 heteroatoms. The zero-order chi connectivity index (χ0) is 39.5. The molecule has 1 aliphatic carbocycles. The van der Waals surface area contributed by atoms with Crippen LogP contribution in [-0.4, -0.2) is 69.8 Å². The van der Waals surface area contributed by atoms with Crippen LogP contribution in [0.1, 0.15) is 75.9 Å². The lowest BCUT2D eigenvalue weighted by molar-refractivity contribution is -0.137. The topological polar surface area (TPSA) is 76.9 Å². The molecule has 2 aliphatic rings. The summed E-state index contributed by atoms with van der Waals surface area (Å²) in [7, 11) is -0.456. The monoisotopic (exact) mass is 774 g/mol. The minimum absolute atomic E-state index is 0.135. The molecule has 0 unspecified atom stereocenters. The Labute approximate surface area is 326 Å². The number of alkyl halides is 3. The number of halogens is 3. The summed E-state index contributed by atoms with van der Waals surface area (Å²) in [6.07, 6.45) is -2.14. The molecule has 0 spiro atoms. The molecule has 1 fully saturated rings. The highest BCUT2D eigenvalue weighted by molar-refractivity contribution is 7.98. The Bertz CT molecular complexity index is 2000. The van der Waals surface area contributed by atoms with E-state index in [1.54, 1.807) is 9.47 Å². The Morgan fingerprint density at radius 3 is 2.02 bits per heavy atom. The smallest absolute Gasteiger partial charge is 0.399 e. The molecule has 1 aliphatic heterocycles. The molecule has 3 aromatic carbocycles. The fraction of sp³-hybridized carbons (Fsp3) is 0.452. The summed E-state index contributed by atoms with van der Waals surface area (Å²) in [4.78, 5) is 37.2. The number of hydrogen-bond donors (Lipinski definition) is 0. The van der Waals surface area contributed by atoms with Gasteiger partial charge in [0.2, 0.25) is 5.91 Å². The molecule has 4 aromatic rings. The van der Waals surface area contributed by atoms with Gasteiger partial charge in [-0.15, -0.1) is 0 Å². The maximum Gasteiger partial charge on any atom is 0.494 e. The minimum Gasteiger partial charge on any atom is -0.399 e. The third-order valence-electron chi connectivity index (χ3n) is 11.1. The van der Waals surface area contributed by atoms with Crippen LogP contribution in [0.15, 0.2) is 82.7 Å². The van der Waals surface area contributed by atoms with Crippen molar-refractivity contribution in [3.63, 3.8) is 0 Å². The van der Waals surface area contributed by atoms with E-state index in [-0.39, 0.29) is 18.0 Å². The highest BCUT2D eigenvalue weighted by Gasteiger charge is 2.51. The quantitative estimate of drug-likeness (QED) is 0.0753. The lowest BCUT2D eigenvalue weighted by Crippen LogP contribution is -2.41. The van der Waals surface area contributed by atoms with E-state index in [0.717, 1.165) is 65.9 Å². The highest BCUT2D eigenvalue weighted by atomic mass is 32.2. The molecule has 0 N–H and O–H groups in total. The number of aryl methyl sites for hydroxylation is 1. The molecule has 0 saturated carbocycles. The second-order valence-corrected chi connectivity index (χ2v) is 16.2. The number of likely N-dealkylation sites (N-methyl/N-ethyl adjacent to an activating group) is 1. The summed E-state index contributed by atoms with van der Waals surface area (Å²) < 4.78 is 53.3. The Balaban J connectivity index is 1.19. The number of rotatable bonds is 14. The molecule has 0 atom stereocenters. The molecule has 292 valence electrons. The standard InChI is InChI=1S/C42H50BF3N4O4S/c1-7-48(8-2)24-25-49(26-29-12-16-31(17-13-29)32-18-20-33(21-19-32)42(44,45)46)37(51)27-50-38(52)35-10-9-11-36(35)47-39(50)55-28-30-14-22-34(23-15-30)43-53-40(3,4)41(5,6)54-43/h12-23H,7-11,24-28H2,1-6H3. The molecule has 6 rings (SSSR count). The van der Waals surface area contributed by atoms with Crippen molar-refractivity contribution in [1.29, 1.82) is 0 Å². The lowest BCUT2D eigenvalue weighted by atomic mass is 9.79. The van der Waals surface area contributed by atoms with Crippen LogP contribution in [-0.2, 0) is 52.0 Å². The van der Waals surface area contributed by atoms with E-state index in [1.165, 1.54) is 23.9 Å². The maximum atomic E-state index is 14.2. The van der Waals surface area contributed by atoms with E-state index in [1.807, 2.05) is 76.2 Å². The average Bonchev–Trinajstić information content (AvgIpc) is 3.72. The number of aromatic nitrogens is 2. The molecule has 0 radical (unpaired) electrons. The molecule has 8 nitrogen and oxygen atoms in total. The van der Waals surface area contributed by atoms with Crippen molar-refractivity contribution in [2.45, 2.75) is 102 Å². The third-order valence-corrected chi connectivity index (χ3v) is 12.2. The number of fused-ring (bicyclic) bond motifs is 1. The van der Waals surface area contributed by atoms with Gasteiger partial charge in [-0.05, 0) is 99.9 Å². The number of nitrogens with zero attached hydrogens (tertiary/aromatic N) is 4. The first-order valence-corrected chi connectivity index (χ1v) is 20.0. The molecule has 2 heterocycles. The van der Waals surface area contributed by atoms with Gasteiger partial charge in [-0.3, -0.25) is 14.2 Å². The number of carbonyl (C=O) groups is 1. The predicted octanol–water partition coefficient (Wildman–Crippen LogP) is 7.38. The Morgan fingerprint density at radius 2 is 1.44 bits per heavy atom. The second kappa shape index (κ2) is 16.7. The van der Waals surface area contributed by atoms with Gasteiger partial charge in [-0.1, -0.05) is 86.3 Å². The van der Waals surface area contributed by atoms with Crippen LogP contribution in [0.2, 0.25) is 0 Å². The van der Waals surface area contributed by atoms with Gasteiger partial charge >= 0.3 is 13.3 Å². The van der Waals surface area contributed by atoms with Crippen molar-refractivity contribution in [2.75, 3.05) is 26.2 Å². The fourth-order valence-corrected chi connectivity index (χ4v) is 7.82. The van der Waals surface area contributed by atoms with E-state index < -0.39 is 30.1 Å². The molecule has 1 saturated heterocycles. The van der Waals surface area contributed by atoms with Crippen molar-refractivity contribution < 1.29 is 27.3 Å². The predicted molar refractivity (Wildman–Crippen MR) is 212 cm³/mol. The van der Waals surface area contributed by atoms with E-state index >= 15 is 0 Å². The second-order valence-electron chi connectivity index (χ2n) is 15.3. The number of thioether (sulfide) groups is 1. The zero-order valence-corrected chi connectivity index (χ0v) is 33.4. The molecule has 55 heavy (non-hydrogen) atoms. The highest BCUT2D eigenvalue weighted by Crippen LogP contribution is 2.37. The van der Waals surface area contributed by atoms with Crippen LogP contribution < -0.4 is 11.0 Å². The SMILES string of the molecule is CCN(CC)CCN(Cc1ccc(-c2ccc(C(F)(F)F)cc2)cc1)C(=O)Cn1c(SCc2ccc(B3OC(C)(C)C(C)(C)O3)cc2)nc2c(c1=O)CCC2. The summed E-state index contributed by atoms with van der Waals surface area (Å²) in [5, 5.41) is 0.527. The van der Waals surface area contributed by atoms with Crippen LogP contribution in [0.5, 0.6) is 0 Å². The summed E-state index contributed by atoms with van der Waals surface area (Å²) in [5.74, 6) is 0.370. The summed E-state index contributed by atoms with van der Waals surface area (Å²) >= 11 is 1.45. The van der Waals surface area contributed by atoms with Crippen molar-refractivity contribution in [2.24, 2.45) is 0 Å². The third kappa shape index (κ3) is 9.39. The number of carbonyl (C=O) groups excluding carboxylic acids is 1. The van der Waals surface area contributed by atoms with Gasteiger partial charge in [0.1, 0.15) is 6.54 Å². The lowest BCUT2D eigenvalue weighted by Gasteiger charge is -2.32. The summed E-state index contributed by atoms with van der Waals surface area (Å²) in [6.45, 7) is 15.3. The van der Waals surface area contributed by atoms with Crippen molar-refractivity contribution in [3.8, 4) is 11.1 Å². The van der Waals surface area contributed by atoms with Crippen LogP contribution in [0.4, 0.5) is 13.2 Å². The van der Waals surface area contributed by atoms with Crippen molar-refractivity contribution >= 4 is 30.3 Å². The Kier molecular flexibility index (Phi) is 12.4. The van der Waals surface area contributed by atoms with Gasteiger partial charge in [0, 0.05) is 31.0 Å². The van der Waals surface area contributed by atoms with Gasteiger partial charge in [-0.25, -0.2) is 4.98 Å². The van der Waals surface area contributed by atoms with Gasteiger partial charge in [-0.2, -0.15) is 13.2 Å². The van der Waals surface area contributed by atoms with E-state index in [2.05, 4.69) is 18.7 Å². The van der Waals surface area contributed by atoms with Gasteiger partial charge < -0.3 is 19.1 Å².